The third kappa shape index (κ3) is 4.31. The fourth-order valence-electron chi connectivity index (χ4n) is 3.06. The highest BCUT2D eigenvalue weighted by atomic mass is 19.1. The molecule has 0 spiro atoms. The Balaban J connectivity index is 1.66. The summed E-state index contributed by atoms with van der Waals surface area (Å²) in [4.78, 5) is 21.3. The van der Waals surface area contributed by atoms with Gasteiger partial charge in [0.25, 0.3) is 5.91 Å². The van der Waals surface area contributed by atoms with E-state index in [1.807, 2.05) is 6.07 Å². The Kier molecular flexibility index (Phi) is 5.40. The van der Waals surface area contributed by atoms with Crippen LogP contribution in [-0.4, -0.2) is 55.1 Å². The highest BCUT2D eigenvalue weighted by molar-refractivity contribution is 5.99. The molecule has 4 rings (SSSR count). The van der Waals surface area contributed by atoms with Crippen molar-refractivity contribution in [3.05, 3.63) is 35.7 Å². The minimum absolute atomic E-state index is 0.0849. The summed E-state index contributed by atoms with van der Waals surface area (Å²) in [5.41, 5.74) is 5.74. The number of pyridine rings is 2. The summed E-state index contributed by atoms with van der Waals surface area (Å²) >= 11 is 0. The zero-order valence-electron chi connectivity index (χ0n) is 17.6. The maximum Gasteiger partial charge on any atom is 0.255 e. The second kappa shape index (κ2) is 8.05. The van der Waals surface area contributed by atoms with Crippen molar-refractivity contribution in [2.75, 3.05) is 17.6 Å². The molecule has 1 saturated carbocycles. The number of halogens is 1. The topological polar surface area (TPSA) is 155 Å². The van der Waals surface area contributed by atoms with E-state index < -0.39 is 17.7 Å². The molecule has 1 unspecified atom stereocenters. The largest absolute Gasteiger partial charge is 0.387 e. The number of nitrogen functional groups attached to an aromatic ring is 1. The molecular weight excluding hydrogens is 415 g/mol. The Morgan fingerprint density at radius 3 is 2.84 bits per heavy atom. The van der Waals surface area contributed by atoms with Gasteiger partial charge in [0, 0.05) is 23.7 Å². The molecule has 0 aromatic carbocycles. The quantitative estimate of drug-likeness (QED) is 0.434. The minimum Gasteiger partial charge on any atom is -0.387 e. The van der Waals surface area contributed by atoms with Gasteiger partial charge < -0.3 is 21.5 Å². The molecule has 10 nitrogen and oxygen atoms in total. The number of nitrogens with one attached hydrogen (secondary N) is 2. The molecule has 32 heavy (non-hydrogen) atoms. The van der Waals surface area contributed by atoms with Gasteiger partial charge in [0.15, 0.2) is 11.5 Å². The van der Waals surface area contributed by atoms with Gasteiger partial charge in [-0.1, -0.05) is 0 Å². The summed E-state index contributed by atoms with van der Waals surface area (Å²) in [7, 11) is 0. The summed E-state index contributed by atoms with van der Waals surface area (Å²) < 4.78 is 15.5. The van der Waals surface area contributed by atoms with Crippen LogP contribution in [0.2, 0.25) is 0 Å². The fraction of sp³-hybridized carbons (Fsp3) is 0.381. The van der Waals surface area contributed by atoms with Crippen LogP contribution in [0.4, 0.5) is 15.9 Å². The average Bonchev–Trinajstić information content (AvgIpc) is 3.47. The lowest BCUT2D eigenvalue weighted by Crippen LogP contribution is -2.42. The SMILES string of the molecule is CC(C)(O)C(F)CNC(=O)c1cnc(-n2ncc3cc(C#N)c(N)nc32)cc1NC1CC1. The number of anilines is 2. The van der Waals surface area contributed by atoms with Gasteiger partial charge in [-0.25, -0.2) is 14.4 Å². The number of nitrogens with zero attached hydrogens (tertiary/aromatic N) is 5. The fourth-order valence-corrected chi connectivity index (χ4v) is 3.06. The Morgan fingerprint density at radius 1 is 1.44 bits per heavy atom. The molecule has 1 amide bonds. The first kappa shape index (κ1) is 21.5. The number of carbonyl (C=O) groups excluding carboxylic acids is 1. The van der Waals surface area contributed by atoms with E-state index in [4.69, 9.17) is 11.0 Å². The van der Waals surface area contributed by atoms with Gasteiger partial charge in [-0.3, -0.25) is 4.79 Å². The number of alkyl halides is 1. The second-order valence-corrected chi connectivity index (χ2v) is 8.34. The molecule has 0 radical (unpaired) electrons. The molecule has 3 heterocycles. The monoisotopic (exact) mass is 438 g/mol. The number of rotatable bonds is 7. The van der Waals surface area contributed by atoms with Gasteiger partial charge in [-0.15, -0.1) is 0 Å². The van der Waals surface area contributed by atoms with Crippen LogP contribution in [-0.2, 0) is 0 Å². The number of aromatic nitrogens is 4. The molecule has 1 aliphatic carbocycles. The summed E-state index contributed by atoms with van der Waals surface area (Å²) in [5, 5.41) is 29.6. The number of nitriles is 1. The number of fused-ring (bicyclic) bond motifs is 1. The summed E-state index contributed by atoms with van der Waals surface area (Å²) in [6.45, 7) is 2.35. The Hall–Kier alpha value is -3.78. The third-order valence-corrected chi connectivity index (χ3v) is 5.19. The number of amides is 1. The van der Waals surface area contributed by atoms with Crippen LogP contribution in [0.3, 0.4) is 0 Å². The maximum absolute atomic E-state index is 14.0. The zero-order valence-corrected chi connectivity index (χ0v) is 17.6. The van der Waals surface area contributed by atoms with Crippen LogP contribution < -0.4 is 16.4 Å². The maximum atomic E-state index is 14.0. The summed E-state index contributed by atoms with van der Waals surface area (Å²) in [6, 6.07) is 5.49. The molecule has 3 aromatic heterocycles. The lowest BCUT2D eigenvalue weighted by atomic mass is 10.0. The summed E-state index contributed by atoms with van der Waals surface area (Å²) in [5.74, 6) is -0.0247. The van der Waals surface area contributed by atoms with Crippen molar-refractivity contribution >= 4 is 28.4 Å². The number of hydrogen-bond donors (Lipinski definition) is 4. The normalized spacial score (nSPS) is 14.7. The smallest absolute Gasteiger partial charge is 0.255 e. The predicted molar refractivity (Wildman–Crippen MR) is 116 cm³/mol. The van der Waals surface area contributed by atoms with E-state index >= 15 is 0 Å². The molecule has 0 saturated heterocycles. The molecule has 166 valence electrons. The molecule has 1 atom stereocenters. The van der Waals surface area contributed by atoms with Gasteiger partial charge in [0.2, 0.25) is 0 Å². The van der Waals surface area contributed by atoms with Gasteiger partial charge in [-0.05, 0) is 32.8 Å². The minimum atomic E-state index is -1.62. The van der Waals surface area contributed by atoms with Gasteiger partial charge >= 0.3 is 0 Å². The summed E-state index contributed by atoms with van der Waals surface area (Å²) in [6.07, 6.45) is 3.26. The van der Waals surface area contributed by atoms with E-state index in [0.717, 1.165) is 12.8 Å². The van der Waals surface area contributed by atoms with Crippen molar-refractivity contribution in [2.24, 2.45) is 0 Å². The van der Waals surface area contributed by atoms with Crippen molar-refractivity contribution in [3.63, 3.8) is 0 Å². The van der Waals surface area contributed by atoms with E-state index in [-0.39, 0.29) is 29.5 Å². The molecule has 1 fully saturated rings. The zero-order chi connectivity index (χ0) is 23.0. The number of hydrogen-bond acceptors (Lipinski definition) is 8. The van der Waals surface area contributed by atoms with E-state index in [9.17, 15) is 14.3 Å². The highest BCUT2D eigenvalue weighted by Gasteiger charge is 2.28. The van der Waals surface area contributed by atoms with Crippen LogP contribution in [0.15, 0.2) is 24.5 Å². The van der Waals surface area contributed by atoms with Gasteiger partial charge in [0.1, 0.15) is 18.1 Å². The van der Waals surface area contributed by atoms with Crippen LogP contribution in [0, 0.1) is 11.3 Å². The van der Waals surface area contributed by atoms with Crippen molar-refractivity contribution in [3.8, 4) is 11.9 Å². The molecular formula is C21H23FN8O2. The number of aliphatic hydroxyl groups is 1. The third-order valence-electron chi connectivity index (χ3n) is 5.19. The molecule has 0 aliphatic heterocycles. The van der Waals surface area contributed by atoms with Crippen LogP contribution >= 0.6 is 0 Å². The van der Waals surface area contributed by atoms with Crippen LogP contribution in [0.5, 0.6) is 0 Å². The first-order valence-electron chi connectivity index (χ1n) is 10.1. The Labute approximate surface area is 183 Å². The Morgan fingerprint density at radius 2 is 2.19 bits per heavy atom. The van der Waals surface area contributed by atoms with Crippen LogP contribution in [0.1, 0.15) is 42.6 Å². The molecule has 1 aliphatic rings. The molecule has 11 heteroatoms. The standard InChI is InChI=1S/C21H23FN8O2/c1-21(2,32)16(22)10-26-20(31)14-9-25-17(6-15(14)28-13-3-4-13)30-19-12(8-27-30)5-11(7-23)18(24)29-19/h5-6,8-9,13,16,32H,3-4,10H2,1-2H3,(H2,24,29)(H,25,28)(H,26,31). The first-order valence-corrected chi connectivity index (χ1v) is 10.1. The van der Waals surface area contributed by atoms with Crippen molar-refractivity contribution < 1.29 is 14.3 Å². The van der Waals surface area contributed by atoms with Crippen molar-refractivity contribution in [1.82, 2.24) is 25.1 Å². The van der Waals surface area contributed by atoms with E-state index in [1.54, 1.807) is 18.3 Å². The predicted octanol–water partition coefficient (Wildman–Crippen LogP) is 1.68. The van der Waals surface area contributed by atoms with Gasteiger partial charge in [0.05, 0.1) is 35.2 Å². The second-order valence-electron chi connectivity index (χ2n) is 8.34. The molecule has 3 aromatic rings. The van der Waals surface area contributed by atoms with E-state index in [1.165, 1.54) is 24.7 Å². The Bertz CT molecular complexity index is 1220. The molecule has 5 N–H and O–H groups in total. The number of nitrogens with two attached hydrogens (primary N) is 1. The van der Waals surface area contributed by atoms with E-state index in [0.29, 0.717) is 22.5 Å². The average molecular weight is 438 g/mol. The highest BCUT2D eigenvalue weighted by Crippen LogP contribution is 2.29. The van der Waals surface area contributed by atoms with Gasteiger partial charge in [-0.2, -0.15) is 15.0 Å². The number of carbonyl (C=O) groups is 1. The molecule has 0 bridgehead atoms. The lowest BCUT2D eigenvalue weighted by molar-refractivity contribution is -0.00177. The van der Waals surface area contributed by atoms with Crippen molar-refractivity contribution in [2.45, 2.75) is 44.5 Å². The first-order chi connectivity index (χ1) is 15.2. The van der Waals surface area contributed by atoms with Crippen LogP contribution in [0.25, 0.3) is 16.9 Å². The lowest BCUT2D eigenvalue weighted by Gasteiger charge is -2.22. The van der Waals surface area contributed by atoms with E-state index in [2.05, 4.69) is 25.7 Å². The van der Waals surface area contributed by atoms with Crippen molar-refractivity contribution in [1.29, 1.82) is 5.26 Å².